The van der Waals surface area contributed by atoms with Crippen LogP contribution in [0.4, 0.5) is 0 Å². The molecule has 8 heteroatoms. The van der Waals surface area contributed by atoms with E-state index in [-0.39, 0.29) is 23.3 Å². The first-order valence-corrected chi connectivity index (χ1v) is 13.9. The standard InChI is InChI=1S/C27H35N3O4S/c1-2-34-25-12-14-26(15-13-25)35(32,33)30-17-7-11-24(22-30)27(31)29-20-18-28(19-21-29)16-6-10-23-8-4-3-5-9-23/h3-6,8-10,12-15,24H,2,7,11,16-22H2,1H3/b10-6+/t24-/m1/s1. The molecule has 188 valence electrons. The third kappa shape index (κ3) is 6.51. The molecule has 4 rings (SSSR count). The monoisotopic (exact) mass is 497 g/mol. The van der Waals surface area contributed by atoms with Crippen molar-refractivity contribution in [3.8, 4) is 5.75 Å². The van der Waals surface area contributed by atoms with Crippen LogP contribution in [-0.4, -0.2) is 80.9 Å². The van der Waals surface area contributed by atoms with E-state index >= 15 is 0 Å². The first-order valence-electron chi connectivity index (χ1n) is 12.4. The molecule has 0 aliphatic carbocycles. The molecular weight excluding hydrogens is 462 g/mol. The lowest BCUT2D eigenvalue weighted by atomic mass is 9.98. The van der Waals surface area contributed by atoms with Crippen molar-refractivity contribution in [3.05, 3.63) is 66.2 Å². The van der Waals surface area contributed by atoms with Gasteiger partial charge in [0.2, 0.25) is 15.9 Å². The highest BCUT2D eigenvalue weighted by molar-refractivity contribution is 7.89. The van der Waals surface area contributed by atoms with Crippen molar-refractivity contribution in [2.24, 2.45) is 5.92 Å². The van der Waals surface area contributed by atoms with Gasteiger partial charge >= 0.3 is 0 Å². The summed E-state index contributed by atoms with van der Waals surface area (Å²) >= 11 is 0. The van der Waals surface area contributed by atoms with E-state index in [1.807, 2.05) is 30.0 Å². The van der Waals surface area contributed by atoms with E-state index in [1.165, 1.54) is 9.87 Å². The second-order valence-corrected chi connectivity index (χ2v) is 11.0. The van der Waals surface area contributed by atoms with Crippen LogP contribution in [0.15, 0.2) is 65.6 Å². The molecule has 0 radical (unpaired) electrons. The van der Waals surface area contributed by atoms with Gasteiger partial charge in [0, 0.05) is 45.8 Å². The number of carbonyl (C=O) groups excluding carboxylic acids is 1. The normalized spacial score (nSPS) is 20.3. The summed E-state index contributed by atoms with van der Waals surface area (Å²) in [5.74, 6) is 0.440. The van der Waals surface area contributed by atoms with Crippen LogP contribution in [0.2, 0.25) is 0 Å². The largest absolute Gasteiger partial charge is 0.494 e. The van der Waals surface area contributed by atoms with Gasteiger partial charge in [-0.1, -0.05) is 42.5 Å². The summed E-state index contributed by atoms with van der Waals surface area (Å²) < 4.78 is 33.3. The van der Waals surface area contributed by atoms with Crippen LogP contribution in [0.25, 0.3) is 6.08 Å². The molecule has 2 aromatic rings. The first kappa shape index (κ1) is 25.4. The van der Waals surface area contributed by atoms with Gasteiger partial charge in [-0.25, -0.2) is 8.42 Å². The lowest BCUT2D eigenvalue weighted by Gasteiger charge is -2.38. The molecule has 2 aliphatic rings. The minimum atomic E-state index is -3.64. The molecule has 1 atom stereocenters. The smallest absolute Gasteiger partial charge is 0.243 e. The number of amides is 1. The maximum atomic E-state index is 13.2. The molecule has 35 heavy (non-hydrogen) atoms. The first-order chi connectivity index (χ1) is 17.0. The van der Waals surface area contributed by atoms with E-state index < -0.39 is 10.0 Å². The van der Waals surface area contributed by atoms with Gasteiger partial charge in [-0.3, -0.25) is 9.69 Å². The maximum Gasteiger partial charge on any atom is 0.243 e. The van der Waals surface area contributed by atoms with Gasteiger partial charge in [0.25, 0.3) is 0 Å². The van der Waals surface area contributed by atoms with Crippen molar-refractivity contribution in [2.45, 2.75) is 24.7 Å². The Balaban J connectivity index is 1.29. The van der Waals surface area contributed by atoms with Crippen LogP contribution < -0.4 is 4.74 Å². The molecule has 2 aliphatic heterocycles. The van der Waals surface area contributed by atoms with Gasteiger partial charge in [0.05, 0.1) is 17.4 Å². The van der Waals surface area contributed by atoms with Crippen molar-refractivity contribution in [2.75, 3.05) is 52.4 Å². The van der Waals surface area contributed by atoms with Gasteiger partial charge in [-0.15, -0.1) is 0 Å². The van der Waals surface area contributed by atoms with Crippen LogP contribution in [0.1, 0.15) is 25.3 Å². The van der Waals surface area contributed by atoms with Crippen molar-refractivity contribution in [3.63, 3.8) is 0 Å². The molecule has 0 saturated carbocycles. The molecule has 2 aromatic carbocycles. The topological polar surface area (TPSA) is 70.2 Å². The number of carbonyl (C=O) groups is 1. The minimum absolute atomic E-state index is 0.0797. The number of piperazine rings is 1. The highest BCUT2D eigenvalue weighted by Gasteiger charge is 2.35. The molecule has 0 bridgehead atoms. The Bertz CT molecular complexity index is 1100. The molecule has 2 fully saturated rings. The molecule has 0 spiro atoms. The predicted octanol–water partition coefficient (Wildman–Crippen LogP) is 3.34. The van der Waals surface area contributed by atoms with Gasteiger partial charge in [-0.2, -0.15) is 4.31 Å². The van der Waals surface area contributed by atoms with E-state index in [9.17, 15) is 13.2 Å². The van der Waals surface area contributed by atoms with Gasteiger partial charge in [0.1, 0.15) is 5.75 Å². The average Bonchev–Trinajstić information content (AvgIpc) is 2.90. The van der Waals surface area contributed by atoms with Crippen LogP contribution in [0.5, 0.6) is 5.75 Å². The predicted molar refractivity (Wildman–Crippen MR) is 138 cm³/mol. The van der Waals surface area contributed by atoms with Crippen molar-refractivity contribution >= 4 is 22.0 Å². The second kappa shape index (κ2) is 11.8. The fourth-order valence-electron chi connectivity index (χ4n) is 4.70. The molecule has 1 amide bonds. The van der Waals surface area contributed by atoms with Crippen molar-refractivity contribution in [1.82, 2.24) is 14.1 Å². The molecule has 0 unspecified atom stereocenters. The lowest BCUT2D eigenvalue weighted by Crippen LogP contribution is -2.53. The van der Waals surface area contributed by atoms with E-state index in [0.29, 0.717) is 38.4 Å². The average molecular weight is 498 g/mol. The minimum Gasteiger partial charge on any atom is -0.494 e. The number of ether oxygens (including phenoxy) is 1. The summed E-state index contributed by atoms with van der Waals surface area (Å²) in [5, 5.41) is 0. The maximum absolute atomic E-state index is 13.2. The number of nitrogens with zero attached hydrogens (tertiary/aromatic N) is 3. The summed E-state index contributed by atoms with van der Waals surface area (Å²) in [5.41, 5.74) is 1.18. The third-order valence-corrected chi connectivity index (χ3v) is 8.54. The second-order valence-electron chi connectivity index (χ2n) is 9.05. The molecule has 0 aromatic heterocycles. The Morgan fingerprint density at radius 1 is 1.00 bits per heavy atom. The summed E-state index contributed by atoms with van der Waals surface area (Å²) in [6.45, 7) is 6.97. The Hall–Kier alpha value is -2.68. The summed E-state index contributed by atoms with van der Waals surface area (Å²) in [4.78, 5) is 17.7. The van der Waals surface area contributed by atoms with Gasteiger partial charge in [-0.05, 0) is 49.6 Å². The quantitative estimate of drug-likeness (QED) is 0.560. The summed E-state index contributed by atoms with van der Waals surface area (Å²) in [7, 11) is -3.64. The zero-order chi connectivity index (χ0) is 24.7. The van der Waals surface area contributed by atoms with Crippen LogP contribution in [-0.2, 0) is 14.8 Å². The fourth-order valence-corrected chi connectivity index (χ4v) is 6.22. The molecule has 2 saturated heterocycles. The number of hydrogen-bond acceptors (Lipinski definition) is 5. The van der Waals surface area contributed by atoms with Crippen LogP contribution in [0, 0.1) is 5.92 Å². The number of hydrogen-bond donors (Lipinski definition) is 0. The summed E-state index contributed by atoms with van der Waals surface area (Å²) in [6.07, 6.45) is 5.71. The van der Waals surface area contributed by atoms with E-state index in [4.69, 9.17) is 4.74 Å². The van der Waals surface area contributed by atoms with Crippen molar-refractivity contribution < 1.29 is 17.9 Å². The Morgan fingerprint density at radius 2 is 1.71 bits per heavy atom. The SMILES string of the molecule is CCOc1ccc(S(=O)(=O)N2CCC[C@@H](C(=O)N3CCN(C/C=C/c4ccccc4)CC3)C2)cc1. The lowest BCUT2D eigenvalue weighted by molar-refractivity contribution is -0.138. The van der Waals surface area contributed by atoms with Crippen LogP contribution in [0.3, 0.4) is 0 Å². The zero-order valence-corrected chi connectivity index (χ0v) is 21.2. The number of piperidine rings is 1. The number of rotatable bonds is 8. The van der Waals surface area contributed by atoms with E-state index in [1.54, 1.807) is 24.3 Å². The van der Waals surface area contributed by atoms with Crippen molar-refractivity contribution in [1.29, 1.82) is 0 Å². The van der Waals surface area contributed by atoms with Crippen LogP contribution >= 0.6 is 0 Å². The highest BCUT2D eigenvalue weighted by atomic mass is 32.2. The molecule has 0 N–H and O–H groups in total. The Labute approximate surface area is 209 Å². The van der Waals surface area contributed by atoms with E-state index in [2.05, 4.69) is 29.2 Å². The zero-order valence-electron chi connectivity index (χ0n) is 20.4. The molecule has 7 nitrogen and oxygen atoms in total. The van der Waals surface area contributed by atoms with E-state index in [0.717, 1.165) is 26.1 Å². The fraction of sp³-hybridized carbons (Fsp3) is 0.444. The number of benzene rings is 2. The third-order valence-electron chi connectivity index (χ3n) is 6.66. The highest BCUT2D eigenvalue weighted by Crippen LogP contribution is 2.26. The van der Waals surface area contributed by atoms with Gasteiger partial charge < -0.3 is 9.64 Å². The summed E-state index contributed by atoms with van der Waals surface area (Å²) in [6, 6.07) is 16.7. The molecule has 2 heterocycles. The Kier molecular flexibility index (Phi) is 8.59. The number of sulfonamides is 1. The molecular formula is C27H35N3O4S. The van der Waals surface area contributed by atoms with Gasteiger partial charge in [0.15, 0.2) is 0 Å². The Morgan fingerprint density at radius 3 is 2.40 bits per heavy atom.